The zero-order valence-corrected chi connectivity index (χ0v) is 14.2. The number of hydrogen-bond donors (Lipinski definition) is 1. The molecule has 26 heavy (non-hydrogen) atoms. The molecule has 0 spiro atoms. The van der Waals surface area contributed by atoms with E-state index in [1.807, 2.05) is 12.1 Å². The van der Waals surface area contributed by atoms with Gasteiger partial charge in [-0.15, -0.1) is 0 Å². The quantitative estimate of drug-likeness (QED) is 0.653. The average molecular weight is 355 g/mol. The summed E-state index contributed by atoms with van der Waals surface area (Å²) in [6.07, 6.45) is 0. The van der Waals surface area contributed by atoms with E-state index in [-0.39, 0.29) is 11.7 Å². The lowest BCUT2D eigenvalue weighted by molar-refractivity contribution is 0.0920. The molecule has 2 aromatic carbocycles. The van der Waals surface area contributed by atoms with Gasteiger partial charge in [-0.3, -0.25) is 4.79 Å². The summed E-state index contributed by atoms with van der Waals surface area (Å²) < 4.78 is 29.9. The number of nitrogens with one attached hydrogen (secondary N) is 1. The van der Waals surface area contributed by atoms with Gasteiger partial charge in [0, 0.05) is 6.07 Å². The summed E-state index contributed by atoms with van der Waals surface area (Å²) in [4.78, 5) is 12.1. The lowest BCUT2D eigenvalue weighted by atomic mass is 10.1. The van der Waals surface area contributed by atoms with Gasteiger partial charge >= 0.3 is 0 Å². The molecule has 1 heterocycles. The number of ether oxygens (including phenoxy) is 2. The fraction of sp³-hybridized carbons (Fsp3) is 0.150. The van der Waals surface area contributed by atoms with Crippen molar-refractivity contribution in [3.05, 3.63) is 72.2 Å². The first-order chi connectivity index (χ1) is 12.7. The standard InChI is InChI=1S/C20H18FNO4/c1-24-14-5-4-6-15(13-14)25-12-11-22-20(23)19-10-9-18(26-19)16-7-2-3-8-17(16)21/h2-10,13H,11-12H2,1H3,(H,22,23). The lowest BCUT2D eigenvalue weighted by Gasteiger charge is -2.08. The molecule has 0 aliphatic rings. The minimum Gasteiger partial charge on any atom is -0.497 e. The normalized spacial score (nSPS) is 10.4. The zero-order valence-electron chi connectivity index (χ0n) is 14.2. The molecular weight excluding hydrogens is 337 g/mol. The first-order valence-corrected chi connectivity index (χ1v) is 8.07. The molecule has 0 bridgehead atoms. The molecule has 5 nitrogen and oxygen atoms in total. The van der Waals surface area contributed by atoms with Crippen molar-refractivity contribution in [1.29, 1.82) is 0 Å². The summed E-state index contributed by atoms with van der Waals surface area (Å²) >= 11 is 0. The van der Waals surface area contributed by atoms with Crippen molar-refractivity contribution in [3.63, 3.8) is 0 Å². The van der Waals surface area contributed by atoms with E-state index < -0.39 is 5.82 Å². The highest BCUT2D eigenvalue weighted by atomic mass is 19.1. The van der Waals surface area contributed by atoms with Gasteiger partial charge in [0.05, 0.1) is 19.2 Å². The maximum absolute atomic E-state index is 13.8. The number of furan rings is 1. The Bertz CT molecular complexity index is 891. The van der Waals surface area contributed by atoms with Gasteiger partial charge in [-0.1, -0.05) is 18.2 Å². The Hall–Kier alpha value is -3.28. The number of hydrogen-bond acceptors (Lipinski definition) is 4. The Morgan fingerprint density at radius 1 is 1.08 bits per heavy atom. The van der Waals surface area contributed by atoms with Crippen LogP contribution in [0.3, 0.4) is 0 Å². The van der Waals surface area contributed by atoms with E-state index in [0.29, 0.717) is 36.0 Å². The van der Waals surface area contributed by atoms with Crippen LogP contribution >= 0.6 is 0 Å². The third-order valence-corrected chi connectivity index (χ3v) is 3.67. The van der Waals surface area contributed by atoms with Gasteiger partial charge in [0.1, 0.15) is 29.7 Å². The molecule has 0 radical (unpaired) electrons. The molecule has 6 heteroatoms. The summed E-state index contributed by atoms with van der Waals surface area (Å²) in [5.41, 5.74) is 0.313. The highest BCUT2D eigenvalue weighted by Crippen LogP contribution is 2.24. The van der Waals surface area contributed by atoms with Gasteiger partial charge in [0.2, 0.25) is 0 Å². The summed E-state index contributed by atoms with van der Waals surface area (Å²) in [6.45, 7) is 0.589. The topological polar surface area (TPSA) is 60.7 Å². The van der Waals surface area contributed by atoms with E-state index in [2.05, 4.69) is 5.32 Å². The maximum atomic E-state index is 13.8. The van der Waals surface area contributed by atoms with Gasteiger partial charge in [0.15, 0.2) is 5.76 Å². The van der Waals surface area contributed by atoms with Crippen LogP contribution in [-0.2, 0) is 0 Å². The Morgan fingerprint density at radius 3 is 2.69 bits per heavy atom. The maximum Gasteiger partial charge on any atom is 0.287 e. The first kappa shape index (κ1) is 17.5. The number of amides is 1. The molecular formula is C20H18FNO4. The average Bonchev–Trinajstić information content (AvgIpc) is 3.15. The van der Waals surface area contributed by atoms with Crippen LogP contribution in [0.1, 0.15) is 10.6 Å². The SMILES string of the molecule is COc1cccc(OCCNC(=O)c2ccc(-c3ccccc3F)o2)c1. The van der Waals surface area contributed by atoms with Crippen molar-refractivity contribution in [2.45, 2.75) is 0 Å². The molecule has 1 aromatic heterocycles. The van der Waals surface area contributed by atoms with E-state index in [1.54, 1.807) is 43.5 Å². The number of benzene rings is 2. The summed E-state index contributed by atoms with van der Waals surface area (Å²) in [5.74, 6) is 0.981. The number of halogens is 1. The molecule has 134 valence electrons. The second kappa shape index (κ2) is 8.20. The molecule has 0 fully saturated rings. The van der Waals surface area contributed by atoms with Gasteiger partial charge < -0.3 is 19.2 Å². The van der Waals surface area contributed by atoms with Crippen LogP contribution in [0, 0.1) is 5.82 Å². The number of carbonyl (C=O) groups excluding carboxylic acids is 1. The van der Waals surface area contributed by atoms with E-state index in [0.717, 1.165) is 0 Å². The molecule has 0 aliphatic carbocycles. The van der Waals surface area contributed by atoms with E-state index in [4.69, 9.17) is 13.9 Å². The predicted molar refractivity (Wildman–Crippen MR) is 94.9 cm³/mol. The molecule has 0 saturated carbocycles. The largest absolute Gasteiger partial charge is 0.497 e. The van der Waals surface area contributed by atoms with Crippen LogP contribution in [0.25, 0.3) is 11.3 Å². The third-order valence-electron chi connectivity index (χ3n) is 3.67. The van der Waals surface area contributed by atoms with Crippen LogP contribution in [-0.4, -0.2) is 26.2 Å². The number of rotatable bonds is 7. The lowest BCUT2D eigenvalue weighted by Crippen LogP contribution is -2.27. The minimum absolute atomic E-state index is 0.115. The van der Waals surface area contributed by atoms with Crippen molar-refractivity contribution in [3.8, 4) is 22.8 Å². The van der Waals surface area contributed by atoms with Crippen molar-refractivity contribution < 1.29 is 23.1 Å². The van der Waals surface area contributed by atoms with E-state index in [9.17, 15) is 9.18 Å². The Balaban J connectivity index is 1.52. The van der Waals surface area contributed by atoms with Crippen LogP contribution in [0.15, 0.2) is 65.1 Å². The molecule has 0 saturated heterocycles. The van der Waals surface area contributed by atoms with Crippen molar-refractivity contribution in [2.75, 3.05) is 20.3 Å². The Labute approximate surface area is 150 Å². The van der Waals surface area contributed by atoms with E-state index >= 15 is 0 Å². The Morgan fingerprint density at radius 2 is 1.88 bits per heavy atom. The second-order valence-corrected chi connectivity index (χ2v) is 5.43. The third kappa shape index (κ3) is 4.22. The molecule has 0 unspecified atom stereocenters. The minimum atomic E-state index is -0.402. The van der Waals surface area contributed by atoms with E-state index in [1.165, 1.54) is 12.1 Å². The smallest absolute Gasteiger partial charge is 0.287 e. The molecule has 3 aromatic rings. The highest BCUT2D eigenvalue weighted by molar-refractivity contribution is 5.92. The van der Waals surface area contributed by atoms with Crippen molar-refractivity contribution >= 4 is 5.91 Å². The second-order valence-electron chi connectivity index (χ2n) is 5.43. The fourth-order valence-electron chi connectivity index (χ4n) is 2.38. The molecule has 1 N–H and O–H groups in total. The number of carbonyl (C=O) groups is 1. The molecule has 0 atom stereocenters. The molecule has 1 amide bonds. The van der Waals surface area contributed by atoms with Crippen LogP contribution in [0.5, 0.6) is 11.5 Å². The molecule has 0 aliphatic heterocycles. The highest BCUT2D eigenvalue weighted by Gasteiger charge is 2.13. The zero-order chi connectivity index (χ0) is 18.4. The monoisotopic (exact) mass is 355 g/mol. The number of methoxy groups -OCH3 is 1. The first-order valence-electron chi connectivity index (χ1n) is 8.07. The van der Waals surface area contributed by atoms with Gasteiger partial charge in [-0.05, 0) is 36.4 Å². The summed E-state index contributed by atoms with van der Waals surface area (Å²) in [6, 6.07) is 16.5. The van der Waals surface area contributed by atoms with Gasteiger partial charge in [0.25, 0.3) is 5.91 Å². The van der Waals surface area contributed by atoms with Gasteiger partial charge in [-0.25, -0.2) is 4.39 Å². The molecule has 3 rings (SSSR count). The summed E-state index contributed by atoms with van der Waals surface area (Å²) in [5, 5.41) is 2.69. The van der Waals surface area contributed by atoms with Crippen molar-refractivity contribution in [2.24, 2.45) is 0 Å². The Kier molecular flexibility index (Phi) is 5.53. The van der Waals surface area contributed by atoms with Crippen LogP contribution in [0.4, 0.5) is 4.39 Å². The van der Waals surface area contributed by atoms with Crippen molar-refractivity contribution in [1.82, 2.24) is 5.32 Å². The van der Waals surface area contributed by atoms with Crippen LogP contribution in [0.2, 0.25) is 0 Å². The van der Waals surface area contributed by atoms with Gasteiger partial charge in [-0.2, -0.15) is 0 Å². The van der Waals surface area contributed by atoms with Crippen LogP contribution < -0.4 is 14.8 Å². The predicted octanol–water partition coefficient (Wildman–Crippen LogP) is 3.90. The fourth-order valence-corrected chi connectivity index (χ4v) is 2.38. The summed E-state index contributed by atoms with van der Waals surface area (Å²) in [7, 11) is 1.58.